The van der Waals surface area contributed by atoms with Crippen molar-refractivity contribution in [3.63, 3.8) is 0 Å². The van der Waals surface area contributed by atoms with E-state index < -0.39 is 12.0 Å². The molecule has 0 aromatic heterocycles. The number of rotatable bonds is 7. The van der Waals surface area contributed by atoms with Crippen LogP contribution in [-0.2, 0) is 17.9 Å². The third-order valence-corrected chi connectivity index (χ3v) is 4.50. The van der Waals surface area contributed by atoms with Crippen molar-refractivity contribution >= 4 is 5.97 Å². The predicted octanol–water partition coefficient (Wildman–Crippen LogP) is 3.32. The van der Waals surface area contributed by atoms with E-state index in [0.29, 0.717) is 31.1 Å². The minimum atomic E-state index is -0.744. The lowest BCUT2D eigenvalue weighted by Crippen LogP contribution is -2.35. The Morgan fingerprint density at radius 1 is 1.16 bits per heavy atom. The highest BCUT2D eigenvalue weighted by Gasteiger charge is 2.30. The number of hydrogen-bond donors (Lipinski definition) is 1. The lowest BCUT2D eigenvalue weighted by Gasteiger charge is -2.21. The standard InChI is InChI=1S/C20H23NO4/c1-24-18-10-9-16(13-21-11-5-8-17(21)20(22)23)12-19(18)25-14-15-6-3-2-4-7-15/h2-4,6-7,9-10,12,17H,5,8,11,13-14H2,1H3,(H,22,23)/t17-/m0/s1. The first kappa shape index (κ1) is 17.3. The normalized spacial score (nSPS) is 17.4. The van der Waals surface area contributed by atoms with E-state index in [9.17, 15) is 9.90 Å². The fraction of sp³-hybridized carbons (Fsp3) is 0.350. The largest absolute Gasteiger partial charge is 0.493 e. The molecule has 0 spiro atoms. The number of carbonyl (C=O) groups is 1. The van der Waals surface area contributed by atoms with Crippen LogP contribution in [0.15, 0.2) is 48.5 Å². The second-order valence-corrected chi connectivity index (χ2v) is 6.23. The SMILES string of the molecule is COc1ccc(CN2CCC[C@H]2C(=O)O)cc1OCc1ccccc1. The highest BCUT2D eigenvalue weighted by molar-refractivity contribution is 5.73. The maximum absolute atomic E-state index is 11.3. The summed E-state index contributed by atoms with van der Waals surface area (Å²) in [6.07, 6.45) is 1.63. The van der Waals surface area contributed by atoms with E-state index in [1.807, 2.05) is 53.4 Å². The number of aliphatic carboxylic acids is 1. The van der Waals surface area contributed by atoms with Crippen molar-refractivity contribution in [1.29, 1.82) is 0 Å². The van der Waals surface area contributed by atoms with Gasteiger partial charge in [-0.3, -0.25) is 9.69 Å². The number of carboxylic acids is 1. The van der Waals surface area contributed by atoms with Gasteiger partial charge in [-0.05, 0) is 42.6 Å². The first-order valence-corrected chi connectivity index (χ1v) is 8.48. The van der Waals surface area contributed by atoms with Gasteiger partial charge in [-0.25, -0.2) is 0 Å². The molecule has 2 aromatic carbocycles. The van der Waals surface area contributed by atoms with Crippen molar-refractivity contribution < 1.29 is 19.4 Å². The Hall–Kier alpha value is -2.53. The molecule has 1 fully saturated rings. The van der Waals surface area contributed by atoms with Gasteiger partial charge < -0.3 is 14.6 Å². The van der Waals surface area contributed by atoms with Gasteiger partial charge >= 0.3 is 5.97 Å². The van der Waals surface area contributed by atoms with Gasteiger partial charge in [0.25, 0.3) is 0 Å². The Kier molecular flexibility index (Phi) is 5.56. The van der Waals surface area contributed by atoms with Crippen molar-refractivity contribution in [2.45, 2.75) is 32.0 Å². The van der Waals surface area contributed by atoms with Crippen LogP contribution in [0.1, 0.15) is 24.0 Å². The fourth-order valence-corrected chi connectivity index (χ4v) is 3.20. The Morgan fingerprint density at radius 2 is 1.96 bits per heavy atom. The van der Waals surface area contributed by atoms with Gasteiger partial charge in [0.15, 0.2) is 11.5 Å². The lowest BCUT2D eigenvalue weighted by molar-refractivity contribution is -0.142. The number of carboxylic acid groups (broad SMARTS) is 1. The van der Waals surface area contributed by atoms with E-state index in [4.69, 9.17) is 9.47 Å². The van der Waals surface area contributed by atoms with Gasteiger partial charge in [0.1, 0.15) is 12.6 Å². The van der Waals surface area contributed by atoms with Crippen LogP contribution < -0.4 is 9.47 Å². The van der Waals surface area contributed by atoms with Crippen LogP contribution in [0, 0.1) is 0 Å². The van der Waals surface area contributed by atoms with Crippen molar-refractivity contribution in [3.8, 4) is 11.5 Å². The summed E-state index contributed by atoms with van der Waals surface area (Å²) in [6.45, 7) is 1.87. The number of likely N-dealkylation sites (tertiary alicyclic amines) is 1. The summed E-state index contributed by atoms with van der Waals surface area (Å²) >= 11 is 0. The molecule has 1 atom stereocenters. The van der Waals surface area contributed by atoms with Crippen LogP contribution in [0.25, 0.3) is 0 Å². The Bertz CT molecular complexity index is 717. The summed E-state index contributed by atoms with van der Waals surface area (Å²) in [7, 11) is 1.62. The van der Waals surface area contributed by atoms with Crippen LogP contribution in [0.5, 0.6) is 11.5 Å². The average molecular weight is 341 g/mol. The van der Waals surface area contributed by atoms with E-state index >= 15 is 0 Å². The second-order valence-electron chi connectivity index (χ2n) is 6.23. The van der Waals surface area contributed by atoms with E-state index in [-0.39, 0.29) is 0 Å². The molecular weight excluding hydrogens is 318 g/mol. The Balaban J connectivity index is 1.72. The van der Waals surface area contributed by atoms with Crippen LogP contribution in [0.3, 0.4) is 0 Å². The summed E-state index contributed by atoms with van der Waals surface area (Å²) in [5.41, 5.74) is 2.11. The molecule has 0 saturated carbocycles. The summed E-state index contributed by atoms with van der Waals surface area (Å²) in [5.74, 6) is 0.609. The number of nitrogens with zero attached hydrogens (tertiary/aromatic N) is 1. The summed E-state index contributed by atoms with van der Waals surface area (Å²) < 4.78 is 11.3. The van der Waals surface area contributed by atoms with Crippen LogP contribution >= 0.6 is 0 Å². The molecule has 132 valence electrons. The molecule has 0 unspecified atom stereocenters. The number of benzene rings is 2. The summed E-state index contributed by atoms with van der Waals surface area (Å²) in [6, 6.07) is 15.3. The number of hydrogen-bond acceptors (Lipinski definition) is 4. The van der Waals surface area contributed by atoms with Crippen LogP contribution in [-0.4, -0.2) is 35.7 Å². The topological polar surface area (TPSA) is 59.0 Å². The third-order valence-electron chi connectivity index (χ3n) is 4.50. The first-order valence-electron chi connectivity index (χ1n) is 8.48. The second kappa shape index (κ2) is 8.03. The first-order chi connectivity index (χ1) is 12.2. The number of ether oxygens (including phenoxy) is 2. The maximum Gasteiger partial charge on any atom is 0.320 e. The number of methoxy groups -OCH3 is 1. The zero-order valence-electron chi connectivity index (χ0n) is 14.4. The molecule has 0 radical (unpaired) electrons. The van der Waals surface area contributed by atoms with Gasteiger partial charge in [-0.1, -0.05) is 36.4 Å². The smallest absolute Gasteiger partial charge is 0.320 e. The van der Waals surface area contributed by atoms with E-state index in [1.165, 1.54) is 0 Å². The molecule has 5 heteroatoms. The molecule has 3 rings (SSSR count). The molecule has 1 heterocycles. The molecule has 1 aliphatic rings. The molecule has 1 saturated heterocycles. The van der Waals surface area contributed by atoms with Crippen molar-refractivity contribution in [1.82, 2.24) is 4.90 Å². The van der Waals surface area contributed by atoms with Gasteiger partial charge in [0.05, 0.1) is 7.11 Å². The monoisotopic (exact) mass is 341 g/mol. The third kappa shape index (κ3) is 4.31. The Labute approximate surface area is 147 Å². The van der Waals surface area contributed by atoms with Gasteiger partial charge in [0, 0.05) is 6.54 Å². The predicted molar refractivity (Wildman–Crippen MR) is 94.8 cm³/mol. The molecule has 2 aromatic rings. The zero-order chi connectivity index (χ0) is 17.6. The van der Waals surface area contributed by atoms with Gasteiger partial charge in [0.2, 0.25) is 0 Å². The quantitative estimate of drug-likeness (QED) is 0.837. The molecule has 0 aliphatic carbocycles. The highest BCUT2D eigenvalue weighted by atomic mass is 16.5. The molecule has 1 aliphatic heterocycles. The molecule has 0 bridgehead atoms. The highest BCUT2D eigenvalue weighted by Crippen LogP contribution is 2.30. The van der Waals surface area contributed by atoms with Crippen LogP contribution in [0.4, 0.5) is 0 Å². The fourth-order valence-electron chi connectivity index (χ4n) is 3.20. The zero-order valence-corrected chi connectivity index (χ0v) is 14.4. The minimum Gasteiger partial charge on any atom is -0.493 e. The van der Waals surface area contributed by atoms with E-state index in [0.717, 1.165) is 24.1 Å². The molecule has 5 nitrogen and oxygen atoms in total. The lowest BCUT2D eigenvalue weighted by atomic mass is 10.1. The minimum absolute atomic E-state index is 0.393. The van der Waals surface area contributed by atoms with E-state index in [2.05, 4.69) is 0 Å². The molecule has 25 heavy (non-hydrogen) atoms. The summed E-state index contributed by atoms with van der Waals surface area (Å²) in [4.78, 5) is 13.3. The molecule has 1 N–H and O–H groups in total. The van der Waals surface area contributed by atoms with Crippen molar-refractivity contribution in [2.24, 2.45) is 0 Å². The van der Waals surface area contributed by atoms with Crippen molar-refractivity contribution in [2.75, 3.05) is 13.7 Å². The van der Waals surface area contributed by atoms with Gasteiger partial charge in [-0.15, -0.1) is 0 Å². The molecule has 0 amide bonds. The maximum atomic E-state index is 11.3. The average Bonchev–Trinajstić information content (AvgIpc) is 3.09. The van der Waals surface area contributed by atoms with Gasteiger partial charge in [-0.2, -0.15) is 0 Å². The molecular formula is C20H23NO4. The van der Waals surface area contributed by atoms with Crippen molar-refractivity contribution in [3.05, 3.63) is 59.7 Å². The Morgan fingerprint density at radius 3 is 2.68 bits per heavy atom. The van der Waals surface area contributed by atoms with E-state index in [1.54, 1.807) is 7.11 Å². The summed E-state index contributed by atoms with van der Waals surface area (Å²) in [5, 5.41) is 9.32. The van der Waals surface area contributed by atoms with Crippen LogP contribution in [0.2, 0.25) is 0 Å².